The van der Waals surface area contributed by atoms with Gasteiger partial charge in [0.2, 0.25) is 0 Å². The fourth-order valence-corrected chi connectivity index (χ4v) is 1.54. The number of anilines is 3. The Hall–Kier alpha value is -2.49. The molecule has 0 unspecified atom stereocenters. The van der Waals surface area contributed by atoms with Gasteiger partial charge >= 0.3 is 6.03 Å². The molecule has 0 spiro atoms. The molecule has 3 N–H and O–H groups in total. The van der Waals surface area contributed by atoms with Gasteiger partial charge in [-0.2, -0.15) is 0 Å². The monoisotopic (exact) mass is 241 g/mol. The molecule has 2 rings (SSSR count). The van der Waals surface area contributed by atoms with E-state index < -0.39 is 0 Å². The van der Waals surface area contributed by atoms with Crippen LogP contribution in [0.3, 0.4) is 0 Å². The number of rotatable bonds is 2. The van der Waals surface area contributed by atoms with E-state index in [1.165, 1.54) is 0 Å². The molecule has 0 aliphatic heterocycles. The van der Waals surface area contributed by atoms with Crippen molar-refractivity contribution >= 4 is 23.1 Å². The molecule has 4 heteroatoms. The standard InChI is InChI=1S/C14H15N3O/c1-17(13-5-3-2-4-6-13)14(18)16-12-9-7-11(15)8-10-12/h2-10H,15H2,1H3,(H,16,18). The average molecular weight is 241 g/mol. The molecule has 4 nitrogen and oxygen atoms in total. The van der Waals surface area contributed by atoms with Crippen LogP contribution in [-0.4, -0.2) is 13.1 Å². The van der Waals surface area contributed by atoms with Crippen LogP contribution in [0.25, 0.3) is 0 Å². The van der Waals surface area contributed by atoms with Crippen LogP contribution in [0, 0.1) is 0 Å². The van der Waals surface area contributed by atoms with Gasteiger partial charge in [-0.25, -0.2) is 4.79 Å². The summed E-state index contributed by atoms with van der Waals surface area (Å²) in [5.74, 6) is 0. The minimum atomic E-state index is -0.189. The van der Waals surface area contributed by atoms with Crippen LogP contribution in [-0.2, 0) is 0 Å². The molecular formula is C14H15N3O. The quantitative estimate of drug-likeness (QED) is 0.794. The van der Waals surface area contributed by atoms with Gasteiger partial charge in [0.15, 0.2) is 0 Å². The third-order valence-electron chi connectivity index (χ3n) is 2.61. The van der Waals surface area contributed by atoms with Gasteiger partial charge in [0.1, 0.15) is 0 Å². The zero-order valence-electron chi connectivity index (χ0n) is 10.1. The second-order valence-corrected chi connectivity index (χ2v) is 3.95. The molecule has 0 radical (unpaired) electrons. The lowest BCUT2D eigenvalue weighted by Gasteiger charge is -2.18. The van der Waals surface area contributed by atoms with E-state index in [9.17, 15) is 4.79 Å². The molecule has 0 aliphatic carbocycles. The Bertz CT molecular complexity index is 522. The summed E-state index contributed by atoms with van der Waals surface area (Å²) in [4.78, 5) is 13.5. The van der Waals surface area contributed by atoms with Crippen LogP contribution in [0.4, 0.5) is 21.9 Å². The summed E-state index contributed by atoms with van der Waals surface area (Å²) in [5, 5.41) is 2.80. The molecular weight excluding hydrogens is 226 g/mol. The van der Waals surface area contributed by atoms with Crippen LogP contribution in [0.1, 0.15) is 0 Å². The van der Waals surface area contributed by atoms with Gasteiger partial charge in [-0.1, -0.05) is 18.2 Å². The van der Waals surface area contributed by atoms with Crippen molar-refractivity contribution in [2.45, 2.75) is 0 Å². The first kappa shape index (κ1) is 12.0. The Morgan fingerprint density at radius 2 is 1.67 bits per heavy atom. The summed E-state index contributed by atoms with van der Waals surface area (Å²) >= 11 is 0. The second-order valence-electron chi connectivity index (χ2n) is 3.95. The second kappa shape index (κ2) is 5.23. The van der Waals surface area contributed by atoms with Crippen molar-refractivity contribution in [3.8, 4) is 0 Å². The average Bonchev–Trinajstić information content (AvgIpc) is 2.41. The van der Waals surface area contributed by atoms with Crippen LogP contribution in [0.2, 0.25) is 0 Å². The molecule has 0 saturated carbocycles. The Balaban J connectivity index is 2.06. The van der Waals surface area contributed by atoms with Gasteiger partial charge in [0, 0.05) is 24.1 Å². The van der Waals surface area contributed by atoms with Gasteiger partial charge in [-0.3, -0.25) is 4.90 Å². The lowest BCUT2D eigenvalue weighted by atomic mass is 10.3. The predicted octanol–water partition coefficient (Wildman–Crippen LogP) is 2.94. The van der Waals surface area contributed by atoms with Gasteiger partial charge in [-0.15, -0.1) is 0 Å². The molecule has 18 heavy (non-hydrogen) atoms. The van der Waals surface area contributed by atoms with E-state index in [1.54, 1.807) is 36.2 Å². The largest absolute Gasteiger partial charge is 0.399 e. The van der Waals surface area contributed by atoms with Gasteiger partial charge < -0.3 is 11.1 Å². The fourth-order valence-electron chi connectivity index (χ4n) is 1.54. The molecule has 2 aromatic rings. The summed E-state index contributed by atoms with van der Waals surface area (Å²) in [7, 11) is 1.72. The molecule has 0 aromatic heterocycles. The number of nitrogens with zero attached hydrogens (tertiary/aromatic N) is 1. The normalized spacial score (nSPS) is 9.83. The first-order valence-electron chi connectivity index (χ1n) is 5.62. The van der Waals surface area contributed by atoms with Crippen LogP contribution < -0.4 is 16.0 Å². The van der Waals surface area contributed by atoms with Crippen molar-refractivity contribution in [1.82, 2.24) is 0 Å². The van der Waals surface area contributed by atoms with E-state index in [4.69, 9.17) is 5.73 Å². The molecule has 0 bridgehead atoms. The lowest BCUT2D eigenvalue weighted by molar-refractivity contribution is 0.258. The molecule has 2 amide bonds. The number of hydrogen-bond acceptors (Lipinski definition) is 2. The summed E-state index contributed by atoms with van der Waals surface area (Å²) in [5.41, 5.74) is 7.81. The highest BCUT2D eigenvalue weighted by atomic mass is 16.2. The van der Waals surface area contributed by atoms with Crippen LogP contribution >= 0.6 is 0 Å². The summed E-state index contributed by atoms with van der Waals surface area (Å²) in [6.07, 6.45) is 0. The van der Waals surface area contributed by atoms with Crippen LogP contribution in [0.5, 0.6) is 0 Å². The SMILES string of the molecule is CN(C(=O)Nc1ccc(N)cc1)c1ccccc1. The summed E-state index contributed by atoms with van der Waals surface area (Å²) < 4.78 is 0. The minimum absolute atomic E-state index is 0.189. The van der Waals surface area contributed by atoms with E-state index in [0.29, 0.717) is 5.69 Å². The van der Waals surface area contributed by atoms with E-state index in [2.05, 4.69) is 5.32 Å². The van der Waals surface area contributed by atoms with Crippen molar-refractivity contribution in [2.24, 2.45) is 0 Å². The molecule has 92 valence electrons. The number of nitrogen functional groups attached to an aromatic ring is 1. The highest BCUT2D eigenvalue weighted by molar-refractivity contribution is 6.01. The number of nitrogens with two attached hydrogens (primary N) is 1. The van der Waals surface area contributed by atoms with E-state index in [1.807, 2.05) is 30.3 Å². The third kappa shape index (κ3) is 2.79. The Morgan fingerprint density at radius 3 is 2.28 bits per heavy atom. The van der Waals surface area contributed by atoms with Gasteiger partial charge in [0.25, 0.3) is 0 Å². The van der Waals surface area contributed by atoms with E-state index in [-0.39, 0.29) is 6.03 Å². The number of urea groups is 1. The van der Waals surface area contributed by atoms with Crippen molar-refractivity contribution < 1.29 is 4.79 Å². The predicted molar refractivity (Wildman–Crippen MR) is 74.7 cm³/mol. The number of carbonyl (C=O) groups is 1. The Kier molecular flexibility index (Phi) is 3.48. The first-order valence-corrected chi connectivity index (χ1v) is 5.62. The van der Waals surface area contributed by atoms with E-state index >= 15 is 0 Å². The Labute approximate surface area is 106 Å². The minimum Gasteiger partial charge on any atom is -0.399 e. The maximum Gasteiger partial charge on any atom is 0.326 e. The smallest absolute Gasteiger partial charge is 0.326 e. The molecule has 0 heterocycles. The summed E-state index contributed by atoms with van der Waals surface area (Å²) in [6.45, 7) is 0. The number of hydrogen-bond donors (Lipinski definition) is 2. The zero-order chi connectivity index (χ0) is 13.0. The molecule has 0 aliphatic rings. The van der Waals surface area contributed by atoms with Gasteiger partial charge in [0.05, 0.1) is 0 Å². The maximum atomic E-state index is 12.0. The highest BCUT2D eigenvalue weighted by Crippen LogP contribution is 2.14. The highest BCUT2D eigenvalue weighted by Gasteiger charge is 2.09. The van der Waals surface area contributed by atoms with Crippen molar-refractivity contribution in [3.05, 3.63) is 54.6 Å². The van der Waals surface area contributed by atoms with Crippen molar-refractivity contribution in [1.29, 1.82) is 0 Å². The topological polar surface area (TPSA) is 58.4 Å². The fraction of sp³-hybridized carbons (Fsp3) is 0.0714. The maximum absolute atomic E-state index is 12.0. The number of carbonyl (C=O) groups excluding carboxylic acids is 1. The summed E-state index contributed by atoms with van der Waals surface area (Å²) in [6, 6.07) is 16.3. The van der Waals surface area contributed by atoms with Crippen molar-refractivity contribution in [3.63, 3.8) is 0 Å². The number of amides is 2. The Morgan fingerprint density at radius 1 is 1.06 bits per heavy atom. The number of benzene rings is 2. The third-order valence-corrected chi connectivity index (χ3v) is 2.61. The lowest BCUT2D eigenvalue weighted by Crippen LogP contribution is -2.31. The molecule has 0 fully saturated rings. The molecule has 2 aromatic carbocycles. The first-order chi connectivity index (χ1) is 8.66. The number of nitrogens with one attached hydrogen (secondary N) is 1. The van der Waals surface area contributed by atoms with Crippen LogP contribution in [0.15, 0.2) is 54.6 Å². The number of para-hydroxylation sites is 1. The molecule has 0 saturated heterocycles. The molecule has 0 atom stereocenters. The van der Waals surface area contributed by atoms with Crippen molar-refractivity contribution in [2.75, 3.05) is 23.0 Å². The zero-order valence-corrected chi connectivity index (χ0v) is 10.1. The van der Waals surface area contributed by atoms with E-state index in [0.717, 1.165) is 11.4 Å². The van der Waals surface area contributed by atoms with Gasteiger partial charge in [-0.05, 0) is 36.4 Å².